The fourth-order valence-electron chi connectivity index (χ4n) is 3.35. The Bertz CT molecular complexity index is 409. The highest BCUT2D eigenvalue weighted by Gasteiger charge is 2.44. The van der Waals surface area contributed by atoms with Crippen molar-refractivity contribution in [3.8, 4) is 0 Å². The predicted molar refractivity (Wildman–Crippen MR) is 67.2 cm³/mol. The zero-order valence-electron chi connectivity index (χ0n) is 11.1. The van der Waals surface area contributed by atoms with Gasteiger partial charge in [0.15, 0.2) is 0 Å². The molecule has 1 saturated carbocycles. The zero-order chi connectivity index (χ0) is 12.1. The molecule has 2 aliphatic carbocycles. The van der Waals surface area contributed by atoms with E-state index in [0.29, 0.717) is 0 Å². The van der Waals surface area contributed by atoms with E-state index < -0.39 is 0 Å². The Balaban J connectivity index is 2.66. The molecule has 0 radical (unpaired) electrons. The van der Waals surface area contributed by atoms with Crippen LogP contribution in [0.3, 0.4) is 0 Å². The Morgan fingerprint density at radius 1 is 1.12 bits per heavy atom. The quantitative estimate of drug-likeness (QED) is 0.607. The second kappa shape index (κ2) is 3.32. The lowest BCUT2D eigenvalue weighted by atomic mass is 9.70. The van der Waals surface area contributed by atoms with Crippen LogP contribution in [0.25, 0.3) is 0 Å². The molecule has 16 heavy (non-hydrogen) atoms. The molecule has 1 heteroatoms. The molecule has 0 aromatic carbocycles. The fraction of sp³-hybridized carbons (Fsp3) is 0.667. The van der Waals surface area contributed by atoms with Gasteiger partial charge >= 0.3 is 0 Å². The second-order valence-corrected chi connectivity index (χ2v) is 6.12. The van der Waals surface area contributed by atoms with Gasteiger partial charge in [0.2, 0.25) is 0 Å². The summed E-state index contributed by atoms with van der Waals surface area (Å²) in [5.41, 5.74) is 5.65. The number of hydrogen-bond acceptors (Lipinski definition) is 1. The SMILES string of the molecule is CC1=C2CCCC(C)(C=O)C2=C(C)C1(C)C. The van der Waals surface area contributed by atoms with Crippen molar-refractivity contribution in [3.63, 3.8) is 0 Å². The third-order valence-electron chi connectivity index (χ3n) is 4.96. The first-order valence-corrected chi connectivity index (χ1v) is 6.23. The van der Waals surface area contributed by atoms with Crippen LogP contribution >= 0.6 is 0 Å². The van der Waals surface area contributed by atoms with Crippen LogP contribution in [0.5, 0.6) is 0 Å². The summed E-state index contributed by atoms with van der Waals surface area (Å²) in [5.74, 6) is 0. The molecule has 0 amide bonds. The molecule has 0 aromatic heterocycles. The number of allylic oxidation sites excluding steroid dienone is 4. The first-order valence-electron chi connectivity index (χ1n) is 6.23. The highest BCUT2D eigenvalue weighted by molar-refractivity contribution is 5.72. The van der Waals surface area contributed by atoms with E-state index >= 15 is 0 Å². The highest BCUT2D eigenvalue weighted by atomic mass is 16.1. The average molecular weight is 218 g/mol. The summed E-state index contributed by atoms with van der Waals surface area (Å²) >= 11 is 0. The van der Waals surface area contributed by atoms with Gasteiger partial charge in [-0.1, -0.05) is 25.0 Å². The molecule has 2 rings (SSSR count). The summed E-state index contributed by atoms with van der Waals surface area (Å²) in [6.07, 6.45) is 4.48. The molecular weight excluding hydrogens is 196 g/mol. The van der Waals surface area contributed by atoms with Gasteiger partial charge in [-0.2, -0.15) is 0 Å². The third-order valence-corrected chi connectivity index (χ3v) is 4.96. The van der Waals surface area contributed by atoms with Crippen molar-refractivity contribution in [1.82, 2.24) is 0 Å². The summed E-state index contributed by atoms with van der Waals surface area (Å²) in [4.78, 5) is 11.4. The summed E-state index contributed by atoms with van der Waals surface area (Å²) in [5, 5.41) is 0. The Kier molecular flexibility index (Phi) is 2.41. The second-order valence-electron chi connectivity index (χ2n) is 6.12. The lowest BCUT2D eigenvalue weighted by molar-refractivity contribution is -0.114. The van der Waals surface area contributed by atoms with Crippen molar-refractivity contribution in [3.05, 3.63) is 22.3 Å². The van der Waals surface area contributed by atoms with E-state index in [0.717, 1.165) is 19.3 Å². The van der Waals surface area contributed by atoms with Gasteiger partial charge in [-0.05, 0) is 51.2 Å². The number of rotatable bonds is 1. The van der Waals surface area contributed by atoms with Crippen molar-refractivity contribution >= 4 is 6.29 Å². The molecule has 1 unspecified atom stereocenters. The van der Waals surface area contributed by atoms with E-state index in [1.807, 2.05) is 0 Å². The van der Waals surface area contributed by atoms with Crippen LogP contribution in [0.1, 0.15) is 53.9 Å². The Labute approximate surface area is 98.6 Å². The van der Waals surface area contributed by atoms with E-state index in [9.17, 15) is 4.79 Å². The van der Waals surface area contributed by atoms with Crippen LogP contribution in [0, 0.1) is 10.8 Å². The Hall–Kier alpha value is -0.850. The Morgan fingerprint density at radius 2 is 1.75 bits per heavy atom. The van der Waals surface area contributed by atoms with Crippen LogP contribution in [-0.2, 0) is 4.79 Å². The lowest BCUT2D eigenvalue weighted by Crippen LogP contribution is -2.26. The summed E-state index contributed by atoms with van der Waals surface area (Å²) in [6, 6.07) is 0. The maximum Gasteiger partial charge on any atom is 0.130 e. The van der Waals surface area contributed by atoms with Crippen molar-refractivity contribution in [2.75, 3.05) is 0 Å². The van der Waals surface area contributed by atoms with Crippen molar-refractivity contribution < 1.29 is 4.79 Å². The van der Waals surface area contributed by atoms with Crippen molar-refractivity contribution in [2.45, 2.75) is 53.9 Å². The van der Waals surface area contributed by atoms with E-state index in [4.69, 9.17) is 0 Å². The molecule has 1 atom stereocenters. The minimum absolute atomic E-state index is 0.152. The predicted octanol–water partition coefficient (Wildman–Crippen LogP) is 4.05. The Morgan fingerprint density at radius 3 is 2.31 bits per heavy atom. The van der Waals surface area contributed by atoms with E-state index in [2.05, 4.69) is 34.6 Å². The van der Waals surface area contributed by atoms with Crippen LogP contribution in [0.15, 0.2) is 22.3 Å². The van der Waals surface area contributed by atoms with E-state index in [1.165, 1.54) is 28.6 Å². The molecule has 0 aliphatic heterocycles. The summed E-state index contributed by atoms with van der Waals surface area (Å²) in [7, 11) is 0. The smallest absolute Gasteiger partial charge is 0.130 e. The number of carbonyl (C=O) groups is 1. The van der Waals surface area contributed by atoms with Crippen molar-refractivity contribution in [1.29, 1.82) is 0 Å². The molecule has 88 valence electrons. The van der Waals surface area contributed by atoms with Crippen LogP contribution in [0.2, 0.25) is 0 Å². The van der Waals surface area contributed by atoms with Gasteiger partial charge in [0, 0.05) is 10.8 Å². The summed E-state index contributed by atoms with van der Waals surface area (Å²) in [6.45, 7) is 11.1. The number of carbonyl (C=O) groups excluding carboxylic acids is 1. The summed E-state index contributed by atoms with van der Waals surface area (Å²) < 4.78 is 0. The van der Waals surface area contributed by atoms with Gasteiger partial charge in [-0.25, -0.2) is 0 Å². The molecule has 1 nitrogen and oxygen atoms in total. The third kappa shape index (κ3) is 1.27. The normalized spacial score (nSPS) is 33.1. The number of hydrogen-bond donors (Lipinski definition) is 0. The molecule has 0 heterocycles. The first-order chi connectivity index (χ1) is 7.34. The molecule has 0 aromatic rings. The molecule has 2 aliphatic rings. The molecule has 0 spiro atoms. The highest BCUT2D eigenvalue weighted by Crippen LogP contribution is 2.56. The van der Waals surface area contributed by atoms with Gasteiger partial charge < -0.3 is 4.79 Å². The zero-order valence-corrected chi connectivity index (χ0v) is 11.1. The van der Waals surface area contributed by atoms with Gasteiger partial charge in [0.1, 0.15) is 6.29 Å². The largest absolute Gasteiger partial charge is 0.302 e. The lowest BCUT2D eigenvalue weighted by Gasteiger charge is -2.33. The minimum atomic E-state index is -0.229. The number of fused-ring (bicyclic) bond motifs is 1. The van der Waals surface area contributed by atoms with E-state index in [-0.39, 0.29) is 10.8 Å². The molecule has 0 N–H and O–H groups in total. The van der Waals surface area contributed by atoms with Crippen LogP contribution in [0.4, 0.5) is 0 Å². The topological polar surface area (TPSA) is 17.1 Å². The maximum absolute atomic E-state index is 11.4. The van der Waals surface area contributed by atoms with Gasteiger partial charge in [-0.15, -0.1) is 0 Å². The van der Waals surface area contributed by atoms with Crippen molar-refractivity contribution in [2.24, 2.45) is 10.8 Å². The van der Waals surface area contributed by atoms with Gasteiger partial charge in [0.25, 0.3) is 0 Å². The van der Waals surface area contributed by atoms with Crippen LogP contribution < -0.4 is 0 Å². The maximum atomic E-state index is 11.4. The monoisotopic (exact) mass is 218 g/mol. The minimum Gasteiger partial charge on any atom is -0.302 e. The van der Waals surface area contributed by atoms with Crippen LogP contribution in [-0.4, -0.2) is 6.29 Å². The average Bonchev–Trinajstić information content (AvgIpc) is 2.42. The molecule has 0 bridgehead atoms. The molecule has 1 fully saturated rings. The van der Waals surface area contributed by atoms with Gasteiger partial charge in [0.05, 0.1) is 0 Å². The van der Waals surface area contributed by atoms with E-state index in [1.54, 1.807) is 0 Å². The standard InChI is InChI=1S/C15H22O/c1-10-12-7-6-8-15(5,9-16)13(12)11(2)14(10,3)4/h9H,6-8H2,1-5H3. The molecular formula is C15H22O. The van der Waals surface area contributed by atoms with Gasteiger partial charge in [-0.3, -0.25) is 0 Å². The number of aldehydes is 1. The fourth-order valence-corrected chi connectivity index (χ4v) is 3.35. The molecule has 0 saturated heterocycles. The first kappa shape index (κ1) is 11.6.